The first-order valence-electron chi connectivity index (χ1n) is 22.7. The Labute approximate surface area is 398 Å². The lowest BCUT2D eigenvalue weighted by atomic mass is 9.97. The minimum Gasteiger partial charge on any atom is -0.353 e. The van der Waals surface area contributed by atoms with Crippen molar-refractivity contribution < 1.29 is 8.78 Å². The van der Waals surface area contributed by atoms with Crippen LogP contribution in [0, 0.1) is 18.2 Å². The number of halogens is 6. The van der Waals surface area contributed by atoms with Crippen molar-refractivity contribution in [3.8, 4) is 0 Å². The van der Waals surface area contributed by atoms with Gasteiger partial charge in [-0.3, -0.25) is 19.6 Å². The summed E-state index contributed by atoms with van der Waals surface area (Å²) < 4.78 is 28.3. The van der Waals surface area contributed by atoms with Crippen molar-refractivity contribution in [1.82, 2.24) is 29.6 Å². The Balaban J connectivity index is 0.000000191. The molecular weight excluding hydrogens is 896 g/mol. The van der Waals surface area contributed by atoms with Gasteiger partial charge in [0.1, 0.15) is 23.3 Å². The average molecular weight is 957 g/mol. The van der Waals surface area contributed by atoms with Crippen molar-refractivity contribution in [2.45, 2.75) is 96.2 Å². The number of hydrogen-bond donors (Lipinski definition) is 1. The lowest BCUT2D eigenvalue weighted by molar-refractivity contribution is 0.0607. The third-order valence-corrected chi connectivity index (χ3v) is 14.5. The molecule has 0 unspecified atom stereocenters. The third-order valence-electron chi connectivity index (χ3n) is 13.5. The normalized spacial score (nSPS) is 21.1. The number of pyridine rings is 2. The van der Waals surface area contributed by atoms with Crippen molar-refractivity contribution in [3.63, 3.8) is 0 Å². The molecule has 4 aromatic rings. The van der Waals surface area contributed by atoms with E-state index >= 15 is 0 Å². The summed E-state index contributed by atoms with van der Waals surface area (Å²) in [5.74, 6) is 1.20. The van der Waals surface area contributed by atoms with Crippen LogP contribution >= 0.6 is 46.4 Å². The summed E-state index contributed by atoms with van der Waals surface area (Å²) >= 11 is 24.7. The van der Waals surface area contributed by atoms with E-state index in [0.29, 0.717) is 75.1 Å². The van der Waals surface area contributed by atoms with Gasteiger partial charge in [0.25, 0.3) is 0 Å². The molecule has 0 saturated carbocycles. The Morgan fingerprint density at radius 1 is 0.641 bits per heavy atom. The molecule has 4 saturated heterocycles. The van der Waals surface area contributed by atoms with Gasteiger partial charge in [-0.05, 0) is 107 Å². The number of anilines is 2. The molecule has 8 rings (SSSR count). The number of nitrogens with two attached hydrogens (primary N) is 1. The average Bonchev–Trinajstić information content (AvgIpc) is 3.31. The highest BCUT2D eigenvalue weighted by Crippen LogP contribution is 2.33. The number of nitrogens with zero attached hydrogens (tertiary/aromatic N) is 9. The highest BCUT2D eigenvalue weighted by atomic mass is 35.5. The van der Waals surface area contributed by atoms with Crippen LogP contribution in [0.4, 0.5) is 26.1 Å². The molecule has 0 amide bonds. The van der Waals surface area contributed by atoms with Gasteiger partial charge in [-0.15, -0.1) is 0 Å². The Bertz CT molecular complexity index is 2210. The predicted octanol–water partition coefficient (Wildman–Crippen LogP) is 10.2. The summed E-state index contributed by atoms with van der Waals surface area (Å²) in [6, 6.07) is 15.6. The van der Waals surface area contributed by atoms with E-state index in [0.717, 1.165) is 127 Å². The van der Waals surface area contributed by atoms with Crippen LogP contribution in [0.1, 0.15) is 69.1 Å². The van der Waals surface area contributed by atoms with Crippen molar-refractivity contribution in [3.05, 3.63) is 121 Å². The fourth-order valence-electron chi connectivity index (χ4n) is 9.94. The molecule has 10 nitrogen and oxygen atoms in total. The van der Waals surface area contributed by atoms with Crippen LogP contribution in [0.15, 0.2) is 60.9 Å². The summed E-state index contributed by atoms with van der Waals surface area (Å²) in [6.07, 6.45) is 9.96. The first-order chi connectivity index (χ1) is 31.0. The van der Waals surface area contributed by atoms with Crippen LogP contribution in [-0.4, -0.2) is 119 Å². The van der Waals surface area contributed by atoms with Gasteiger partial charge in [-0.25, -0.2) is 23.6 Å². The maximum Gasteiger partial charge on any atom is 0.206 e. The number of piperazine rings is 2. The number of hydrogen-bond acceptors (Lipinski definition) is 9. The summed E-state index contributed by atoms with van der Waals surface area (Å²) in [7, 11) is 0. The SMILES string of the molecule is CC[C@H]1CN(c2ncc(CN)cc2Cl)CCN1C1CCN(Cc2ccc(Cl)cc2F)CC1.[C-]#[N+]c1cnc(N2CCN(C3CCN(Cc4ccc(Cl)cc4F)CC3)[C@@H](CC)C2)c(Cl)c1. The molecule has 6 heterocycles. The number of aromatic nitrogens is 2. The van der Waals surface area contributed by atoms with Crippen molar-refractivity contribution in [2.24, 2.45) is 5.73 Å². The molecule has 0 bridgehead atoms. The van der Waals surface area contributed by atoms with Crippen LogP contribution in [-0.2, 0) is 19.6 Å². The zero-order chi connectivity index (χ0) is 45.3. The molecule has 0 spiro atoms. The van der Waals surface area contributed by atoms with E-state index < -0.39 is 0 Å². The molecule has 2 aromatic heterocycles. The fourth-order valence-corrected chi connectivity index (χ4v) is 10.8. The molecule has 0 radical (unpaired) electrons. The molecule has 64 heavy (non-hydrogen) atoms. The van der Waals surface area contributed by atoms with Gasteiger partial charge in [0.2, 0.25) is 5.69 Å². The predicted molar refractivity (Wildman–Crippen MR) is 258 cm³/mol. The van der Waals surface area contributed by atoms with Crippen molar-refractivity contribution >= 4 is 63.7 Å². The monoisotopic (exact) mass is 954 g/mol. The molecule has 344 valence electrons. The van der Waals surface area contributed by atoms with E-state index in [2.05, 4.69) is 58.1 Å². The lowest BCUT2D eigenvalue weighted by Gasteiger charge is -2.47. The molecule has 2 aromatic carbocycles. The maximum absolute atomic E-state index is 14.2. The summed E-state index contributed by atoms with van der Waals surface area (Å²) in [4.78, 5) is 27.0. The number of piperidine rings is 2. The van der Waals surface area contributed by atoms with Gasteiger partial charge in [0.05, 0.1) is 16.6 Å². The van der Waals surface area contributed by atoms with Crippen molar-refractivity contribution in [2.75, 3.05) is 75.2 Å². The van der Waals surface area contributed by atoms with Crippen LogP contribution in [0.5, 0.6) is 0 Å². The van der Waals surface area contributed by atoms with Crippen LogP contribution in [0.2, 0.25) is 20.1 Å². The largest absolute Gasteiger partial charge is 0.353 e. The highest BCUT2D eigenvalue weighted by molar-refractivity contribution is 6.33. The number of rotatable bonds is 11. The first kappa shape index (κ1) is 48.6. The van der Waals surface area contributed by atoms with E-state index in [1.54, 1.807) is 36.5 Å². The molecule has 2 N–H and O–H groups in total. The van der Waals surface area contributed by atoms with Gasteiger partial charge >= 0.3 is 0 Å². The van der Waals surface area contributed by atoms with Crippen LogP contribution in [0.25, 0.3) is 4.85 Å². The van der Waals surface area contributed by atoms with Gasteiger partial charge in [-0.1, -0.05) is 72.4 Å². The standard InChI is InChI=1S/C24H28Cl2FN5.C24H32Cl2FN5/c1-3-20-16-31(24-22(26)13-19(28-2)14-29-24)10-11-32(20)21-6-8-30(9-7-21)15-17-4-5-18(25)12-23(17)27;1-2-20-16-31(24-22(26)11-17(13-28)14-29-24)9-10-32(20)21-5-7-30(8-6-21)15-18-3-4-19(25)12-23(18)27/h4-5,12-14,20-21H,3,6-11,15-16H2,1H3;3-4,11-12,14,20-21H,2,5-10,13,15-16,28H2,1H3/t2*20-/m00/s1. The quantitative estimate of drug-likeness (QED) is 0.148. The molecule has 4 aliphatic rings. The minimum atomic E-state index is -0.224. The van der Waals surface area contributed by atoms with E-state index in [4.69, 9.17) is 58.7 Å². The second-order valence-electron chi connectivity index (χ2n) is 17.4. The fraction of sp³-hybridized carbons (Fsp3) is 0.521. The molecular formula is C48H60Cl4F2N10. The lowest BCUT2D eigenvalue weighted by Crippen LogP contribution is -2.58. The van der Waals surface area contributed by atoms with Crippen LogP contribution < -0.4 is 15.5 Å². The van der Waals surface area contributed by atoms with Gasteiger partial charge in [-0.2, -0.15) is 0 Å². The summed E-state index contributed by atoms with van der Waals surface area (Å²) in [6.45, 7) is 22.8. The topological polar surface area (TPSA) is 75.6 Å². The van der Waals surface area contributed by atoms with E-state index in [9.17, 15) is 8.78 Å². The van der Waals surface area contributed by atoms with Gasteiger partial charge in [0.15, 0.2) is 0 Å². The van der Waals surface area contributed by atoms with Gasteiger partial charge in [0, 0.05) is 117 Å². The zero-order valence-corrected chi connectivity index (χ0v) is 39.9. The van der Waals surface area contributed by atoms with Crippen molar-refractivity contribution in [1.29, 1.82) is 0 Å². The molecule has 0 aliphatic carbocycles. The highest BCUT2D eigenvalue weighted by Gasteiger charge is 2.36. The third kappa shape index (κ3) is 12.2. The second kappa shape index (κ2) is 22.9. The van der Waals surface area contributed by atoms with Crippen LogP contribution in [0.3, 0.4) is 0 Å². The Morgan fingerprint density at radius 3 is 1.48 bits per heavy atom. The molecule has 2 atom stereocenters. The Morgan fingerprint density at radius 2 is 1.09 bits per heavy atom. The maximum atomic E-state index is 14.2. The molecule has 4 aliphatic heterocycles. The minimum absolute atomic E-state index is 0.214. The molecule has 4 fully saturated rings. The first-order valence-corrected chi connectivity index (χ1v) is 24.2. The Kier molecular flexibility index (Phi) is 17.4. The van der Waals surface area contributed by atoms with Gasteiger partial charge < -0.3 is 15.5 Å². The Hall–Kier alpha value is -3.35. The van der Waals surface area contributed by atoms with E-state index in [-0.39, 0.29) is 11.6 Å². The molecule has 16 heteroatoms. The van der Waals surface area contributed by atoms with E-state index in [1.165, 1.54) is 12.1 Å². The summed E-state index contributed by atoms with van der Waals surface area (Å²) in [5.41, 5.74) is 8.56. The number of benzene rings is 2. The van der Waals surface area contributed by atoms with E-state index in [1.807, 2.05) is 12.3 Å². The number of likely N-dealkylation sites (tertiary alicyclic amines) is 2. The second-order valence-corrected chi connectivity index (χ2v) is 19.1. The summed E-state index contributed by atoms with van der Waals surface area (Å²) in [5, 5.41) is 2.11. The zero-order valence-electron chi connectivity index (χ0n) is 36.9. The smallest absolute Gasteiger partial charge is 0.206 e.